The SMILES string of the molecule is CCC1CCC(N(C)C(=O)C(C)OC)CC1. The second kappa shape index (κ2) is 6.24. The quantitative estimate of drug-likeness (QED) is 0.738. The number of carbonyl (C=O) groups excluding carboxylic acids is 1. The predicted molar refractivity (Wildman–Crippen MR) is 65.3 cm³/mol. The van der Waals surface area contributed by atoms with Crippen molar-refractivity contribution in [3.05, 3.63) is 0 Å². The molecule has 1 saturated carbocycles. The summed E-state index contributed by atoms with van der Waals surface area (Å²) in [4.78, 5) is 13.8. The van der Waals surface area contributed by atoms with Crippen LogP contribution in [0.4, 0.5) is 0 Å². The first-order valence-corrected chi connectivity index (χ1v) is 6.39. The Kier molecular flexibility index (Phi) is 5.26. The second-order valence-electron chi connectivity index (χ2n) is 4.91. The van der Waals surface area contributed by atoms with E-state index in [9.17, 15) is 4.79 Å². The van der Waals surface area contributed by atoms with Crippen LogP contribution in [0.25, 0.3) is 0 Å². The number of nitrogens with zero attached hydrogens (tertiary/aromatic N) is 1. The predicted octanol–water partition coefficient (Wildman–Crippen LogP) is 2.45. The van der Waals surface area contributed by atoms with Gasteiger partial charge in [-0.15, -0.1) is 0 Å². The molecule has 3 heteroatoms. The minimum absolute atomic E-state index is 0.113. The van der Waals surface area contributed by atoms with Crippen molar-refractivity contribution >= 4 is 5.91 Å². The van der Waals surface area contributed by atoms with Gasteiger partial charge < -0.3 is 9.64 Å². The summed E-state index contributed by atoms with van der Waals surface area (Å²) in [5.41, 5.74) is 0. The lowest BCUT2D eigenvalue weighted by molar-refractivity contribution is -0.142. The van der Waals surface area contributed by atoms with E-state index in [0.717, 1.165) is 18.8 Å². The molecule has 0 aromatic carbocycles. The first kappa shape index (κ1) is 13.5. The van der Waals surface area contributed by atoms with Gasteiger partial charge in [0, 0.05) is 20.2 Å². The number of ether oxygens (including phenoxy) is 1. The third kappa shape index (κ3) is 3.21. The number of rotatable bonds is 4. The number of amides is 1. The maximum atomic E-state index is 11.9. The van der Waals surface area contributed by atoms with Gasteiger partial charge in [0.1, 0.15) is 6.10 Å². The monoisotopic (exact) mass is 227 g/mol. The van der Waals surface area contributed by atoms with Crippen LogP contribution < -0.4 is 0 Å². The van der Waals surface area contributed by atoms with Gasteiger partial charge in [-0.25, -0.2) is 0 Å². The van der Waals surface area contributed by atoms with E-state index in [1.807, 2.05) is 18.9 Å². The molecule has 1 rings (SSSR count). The van der Waals surface area contributed by atoms with Gasteiger partial charge in [-0.2, -0.15) is 0 Å². The maximum absolute atomic E-state index is 11.9. The van der Waals surface area contributed by atoms with E-state index in [4.69, 9.17) is 4.74 Å². The molecule has 94 valence electrons. The lowest BCUT2D eigenvalue weighted by Crippen LogP contribution is -2.44. The summed E-state index contributed by atoms with van der Waals surface area (Å²) < 4.78 is 5.07. The molecule has 3 nitrogen and oxygen atoms in total. The summed E-state index contributed by atoms with van der Waals surface area (Å²) in [5.74, 6) is 0.988. The number of hydrogen-bond donors (Lipinski definition) is 0. The van der Waals surface area contributed by atoms with Crippen LogP contribution in [0.2, 0.25) is 0 Å². The molecular weight excluding hydrogens is 202 g/mol. The molecule has 16 heavy (non-hydrogen) atoms. The molecule has 1 aliphatic rings. The molecular formula is C13H25NO2. The third-order valence-electron chi connectivity index (χ3n) is 3.99. The molecule has 1 fully saturated rings. The minimum atomic E-state index is -0.311. The smallest absolute Gasteiger partial charge is 0.251 e. The highest BCUT2D eigenvalue weighted by Gasteiger charge is 2.27. The van der Waals surface area contributed by atoms with Crippen LogP contribution in [0.5, 0.6) is 0 Å². The van der Waals surface area contributed by atoms with Gasteiger partial charge in [-0.3, -0.25) is 4.79 Å². The van der Waals surface area contributed by atoms with Crippen molar-refractivity contribution in [3.63, 3.8) is 0 Å². The molecule has 0 aromatic rings. The third-order valence-corrected chi connectivity index (χ3v) is 3.99. The van der Waals surface area contributed by atoms with E-state index in [0.29, 0.717) is 6.04 Å². The molecule has 1 unspecified atom stereocenters. The highest BCUT2D eigenvalue weighted by molar-refractivity contribution is 5.80. The Morgan fingerprint density at radius 1 is 1.38 bits per heavy atom. The average molecular weight is 227 g/mol. The van der Waals surface area contributed by atoms with Crippen molar-refractivity contribution in [2.45, 2.75) is 58.1 Å². The van der Waals surface area contributed by atoms with Crippen molar-refractivity contribution in [1.82, 2.24) is 4.90 Å². The molecule has 0 N–H and O–H groups in total. The van der Waals surface area contributed by atoms with Crippen LogP contribution in [0.15, 0.2) is 0 Å². The van der Waals surface area contributed by atoms with E-state index in [-0.39, 0.29) is 12.0 Å². The second-order valence-corrected chi connectivity index (χ2v) is 4.91. The summed E-state index contributed by atoms with van der Waals surface area (Å²) in [7, 11) is 3.50. The molecule has 0 bridgehead atoms. The van der Waals surface area contributed by atoms with Crippen molar-refractivity contribution in [2.24, 2.45) is 5.92 Å². The Labute approximate surface area is 99.1 Å². The topological polar surface area (TPSA) is 29.5 Å². The zero-order chi connectivity index (χ0) is 12.1. The summed E-state index contributed by atoms with van der Waals surface area (Å²) >= 11 is 0. The first-order valence-electron chi connectivity index (χ1n) is 6.39. The molecule has 0 spiro atoms. The Morgan fingerprint density at radius 3 is 2.38 bits per heavy atom. The zero-order valence-electron chi connectivity index (χ0n) is 11.0. The van der Waals surface area contributed by atoms with Crippen LogP contribution in [0, 0.1) is 5.92 Å². The van der Waals surface area contributed by atoms with E-state index < -0.39 is 0 Å². The first-order chi connectivity index (χ1) is 7.60. The average Bonchev–Trinajstić information content (AvgIpc) is 2.36. The number of methoxy groups -OCH3 is 1. The van der Waals surface area contributed by atoms with Gasteiger partial charge in [0.15, 0.2) is 0 Å². The lowest BCUT2D eigenvalue weighted by Gasteiger charge is -2.35. The fourth-order valence-electron chi connectivity index (χ4n) is 2.51. The molecule has 0 radical (unpaired) electrons. The van der Waals surface area contributed by atoms with E-state index in [1.54, 1.807) is 7.11 Å². The summed E-state index contributed by atoms with van der Waals surface area (Å²) in [6, 6.07) is 0.424. The molecule has 0 saturated heterocycles. The molecule has 1 aliphatic carbocycles. The number of hydrogen-bond acceptors (Lipinski definition) is 2. The summed E-state index contributed by atoms with van der Waals surface area (Å²) in [5, 5.41) is 0. The standard InChI is InChI=1S/C13H25NO2/c1-5-11-6-8-12(9-7-11)14(3)13(15)10(2)16-4/h10-12H,5-9H2,1-4H3. The normalized spacial score (nSPS) is 27.5. The summed E-state index contributed by atoms with van der Waals surface area (Å²) in [6.07, 6.45) is 5.79. The van der Waals surface area contributed by atoms with Crippen molar-refractivity contribution in [1.29, 1.82) is 0 Å². The van der Waals surface area contributed by atoms with Gasteiger partial charge in [0.2, 0.25) is 0 Å². The van der Waals surface area contributed by atoms with Crippen LogP contribution in [-0.4, -0.2) is 37.1 Å². The van der Waals surface area contributed by atoms with Gasteiger partial charge in [0.25, 0.3) is 5.91 Å². The Morgan fingerprint density at radius 2 is 1.94 bits per heavy atom. The van der Waals surface area contributed by atoms with E-state index in [1.165, 1.54) is 19.3 Å². The lowest BCUT2D eigenvalue weighted by atomic mass is 9.84. The Bertz CT molecular complexity index is 222. The number of carbonyl (C=O) groups is 1. The molecule has 1 atom stereocenters. The van der Waals surface area contributed by atoms with Crippen LogP contribution in [-0.2, 0) is 9.53 Å². The highest BCUT2D eigenvalue weighted by Crippen LogP contribution is 2.29. The van der Waals surface area contributed by atoms with Crippen molar-refractivity contribution < 1.29 is 9.53 Å². The Balaban J connectivity index is 2.43. The van der Waals surface area contributed by atoms with Crippen LogP contribution >= 0.6 is 0 Å². The number of likely N-dealkylation sites (N-methyl/N-ethyl adjacent to an activating group) is 1. The molecule has 0 aliphatic heterocycles. The van der Waals surface area contributed by atoms with Crippen molar-refractivity contribution in [2.75, 3.05) is 14.2 Å². The van der Waals surface area contributed by atoms with Crippen LogP contribution in [0.1, 0.15) is 46.0 Å². The van der Waals surface area contributed by atoms with Crippen molar-refractivity contribution in [3.8, 4) is 0 Å². The van der Waals surface area contributed by atoms with Gasteiger partial charge in [-0.1, -0.05) is 13.3 Å². The van der Waals surface area contributed by atoms with Gasteiger partial charge >= 0.3 is 0 Å². The van der Waals surface area contributed by atoms with E-state index >= 15 is 0 Å². The highest BCUT2D eigenvalue weighted by atomic mass is 16.5. The summed E-state index contributed by atoms with van der Waals surface area (Å²) in [6.45, 7) is 4.07. The van der Waals surface area contributed by atoms with Gasteiger partial charge in [-0.05, 0) is 38.5 Å². The maximum Gasteiger partial charge on any atom is 0.251 e. The minimum Gasteiger partial charge on any atom is -0.372 e. The fourth-order valence-corrected chi connectivity index (χ4v) is 2.51. The Hall–Kier alpha value is -0.570. The fraction of sp³-hybridized carbons (Fsp3) is 0.923. The zero-order valence-corrected chi connectivity index (χ0v) is 11.0. The molecule has 0 aromatic heterocycles. The molecule has 0 heterocycles. The van der Waals surface area contributed by atoms with Crippen LogP contribution in [0.3, 0.4) is 0 Å². The largest absolute Gasteiger partial charge is 0.372 e. The van der Waals surface area contributed by atoms with E-state index in [2.05, 4.69) is 6.92 Å². The van der Waals surface area contributed by atoms with Gasteiger partial charge in [0.05, 0.1) is 0 Å². The molecule has 1 amide bonds.